The van der Waals surface area contributed by atoms with Gasteiger partial charge in [-0.05, 0) is 31.1 Å². The predicted octanol–water partition coefficient (Wildman–Crippen LogP) is 1.20. The van der Waals surface area contributed by atoms with Gasteiger partial charge in [0.2, 0.25) is 0 Å². The minimum Gasteiger partial charge on any atom is -0.463 e. The molecule has 0 aromatic heterocycles. The topological polar surface area (TPSA) is 72.8 Å². The van der Waals surface area contributed by atoms with Crippen molar-refractivity contribution in [1.29, 1.82) is 0 Å². The molecule has 0 amide bonds. The number of aliphatic hydroxyl groups excluding tert-OH is 1. The molecule has 1 saturated heterocycles. The Labute approximate surface area is 117 Å². The second-order valence-electron chi connectivity index (χ2n) is 6.06. The van der Waals surface area contributed by atoms with Gasteiger partial charge in [-0.25, -0.2) is 0 Å². The van der Waals surface area contributed by atoms with Crippen LogP contribution in [0.3, 0.4) is 0 Å². The average Bonchev–Trinajstić information content (AvgIpc) is 3.12. The summed E-state index contributed by atoms with van der Waals surface area (Å²) in [4.78, 5) is 22.9. The maximum atomic E-state index is 12.0. The lowest BCUT2D eigenvalue weighted by molar-refractivity contribution is -0.154. The number of fused-ring (bicyclic) bond motifs is 2. The van der Waals surface area contributed by atoms with Crippen LogP contribution in [-0.2, 0) is 19.1 Å². The van der Waals surface area contributed by atoms with E-state index in [1.807, 2.05) is 0 Å². The van der Waals surface area contributed by atoms with Crippen LogP contribution in [0.1, 0.15) is 32.1 Å². The molecule has 20 heavy (non-hydrogen) atoms. The lowest BCUT2D eigenvalue weighted by Gasteiger charge is -2.19. The van der Waals surface area contributed by atoms with E-state index in [-0.39, 0.29) is 30.6 Å². The molecule has 110 valence electrons. The van der Waals surface area contributed by atoms with Gasteiger partial charge in [0.1, 0.15) is 12.7 Å². The fraction of sp³-hybridized carbons (Fsp3) is 0.733. The van der Waals surface area contributed by atoms with E-state index in [0.29, 0.717) is 31.1 Å². The van der Waals surface area contributed by atoms with Crippen molar-refractivity contribution in [3.05, 3.63) is 12.2 Å². The van der Waals surface area contributed by atoms with Gasteiger partial charge in [-0.15, -0.1) is 0 Å². The summed E-state index contributed by atoms with van der Waals surface area (Å²) in [6, 6.07) is 0. The molecule has 0 spiro atoms. The van der Waals surface area contributed by atoms with Crippen LogP contribution in [0, 0.1) is 17.8 Å². The highest BCUT2D eigenvalue weighted by Crippen LogP contribution is 2.43. The maximum absolute atomic E-state index is 12.0. The summed E-state index contributed by atoms with van der Waals surface area (Å²) in [6.07, 6.45) is 6.61. The fourth-order valence-corrected chi connectivity index (χ4v) is 3.46. The number of cyclic esters (lactones) is 1. The highest BCUT2D eigenvalue weighted by Gasteiger charge is 2.40. The molecule has 0 radical (unpaired) electrons. The molecule has 1 aliphatic heterocycles. The summed E-state index contributed by atoms with van der Waals surface area (Å²) in [5.41, 5.74) is 0. The van der Waals surface area contributed by atoms with Gasteiger partial charge in [0, 0.05) is 12.8 Å². The molecule has 0 aromatic carbocycles. The van der Waals surface area contributed by atoms with Crippen LogP contribution < -0.4 is 0 Å². The van der Waals surface area contributed by atoms with Crippen molar-refractivity contribution in [2.45, 2.75) is 44.3 Å². The van der Waals surface area contributed by atoms with Gasteiger partial charge in [0.05, 0.1) is 12.0 Å². The first-order valence-electron chi connectivity index (χ1n) is 7.34. The third-order valence-electron chi connectivity index (χ3n) is 4.50. The van der Waals surface area contributed by atoms with Crippen molar-refractivity contribution < 1.29 is 24.2 Å². The Kier molecular flexibility index (Phi) is 3.78. The number of esters is 2. The molecule has 5 nitrogen and oxygen atoms in total. The lowest BCUT2D eigenvalue weighted by Crippen LogP contribution is -2.28. The molecular formula is C15H20O5. The molecule has 1 saturated carbocycles. The van der Waals surface area contributed by atoms with E-state index in [9.17, 15) is 14.7 Å². The first-order chi connectivity index (χ1) is 9.61. The molecule has 2 aliphatic carbocycles. The van der Waals surface area contributed by atoms with Gasteiger partial charge in [-0.3, -0.25) is 9.59 Å². The van der Waals surface area contributed by atoms with E-state index in [1.54, 1.807) is 0 Å². The van der Waals surface area contributed by atoms with Gasteiger partial charge < -0.3 is 14.6 Å². The molecule has 0 aromatic rings. The second kappa shape index (κ2) is 5.56. The lowest BCUT2D eigenvalue weighted by atomic mass is 9.94. The average molecular weight is 280 g/mol. The van der Waals surface area contributed by atoms with Crippen LogP contribution in [0.4, 0.5) is 0 Å². The van der Waals surface area contributed by atoms with Crippen molar-refractivity contribution in [2.75, 3.05) is 6.61 Å². The zero-order chi connectivity index (χ0) is 14.1. The number of ether oxygens (including phenoxy) is 2. The first kappa shape index (κ1) is 13.6. The van der Waals surface area contributed by atoms with Crippen molar-refractivity contribution in [3.63, 3.8) is 0 Å². The van der Waals surface area contributed by atoms with Gasteiger partial charge in [0.25, 0.3) is 0 Å². The Morgan fingerprint density at radius 1 is 1.45 bits per heavy atom. The molecule has 5 heteroatoms. The number of rotatable bonds is 5. The van der Waals surface area contributed by atoms with Crippen molar-refractivity contribution in [1.82, 2.24) is 0 Å². The molecule has 5 unspecified atom stereocenters. The van der Waals surface area contributed by atoms with Gasteiger partial charge >= 0.3 is 11.9 Å². The Balaban J connectivity index is 1.39. The fourth-order valence-electron chi connectivity index (χ4n) is 3.46. The van der Waals surface area contributed by atoms with E-state index >= 15 is 0 Å². The van der Waals surface area contributed by atoms with Crippen molar-refractivity contribution in [3.8, 4) is 0 Å². The van der Waals surface area contributed by atoms with E-state index < -0.39 is 6.10 Å². The Bertz CT molecular complexity index is 430. The highest BCUT2D eigenvalue weighted by atomic mass is 16.6. The number of hydrogen-bond donors (Lipinski definition) is 1. The number of hydrogen-bond acceptors (Lipinski definition) is 5. The number of carbonyl (C=O) groups is 2. The maximum Gasteiger partial charge on any atom is 0.309 e. The van der Waals surface area contributed by atoms with Gasteiger partial charge in [-0.1, -0.05) is 12.2 Å². The van der Waals surface area contributed by atoms with E-state index in [1.165, 1.54) is 0 Å². The van der Waals surface area contributed by atoms with Crippen molar-refractivity contribution in [2.24, 2.45) is 17.8 Å². The number of carbonyl (C=O) groups excluding carboxylic acids is 2. The third-order valence-corrected chi connectivity index (χ3v) is 4.50. The van der Waals surface area contributed by atoms with Gasteiger partial charge in [-0.2, -0.15) is 0 Å². The molecule has 3 rings (SSSR count). The quantitative estimate of drug-likeness (QED) is 0.605. The second-order valence-corrected chi connectivity index (χ2v) is 6.06. The molecule has 2 bridgehead atoms. The smallest absolute Gasteiger partial charge is 0.309 e. The SMILES string of the molecule is O=C1CCC(CC(O)COC(=O)C2CC3C=CC2C3)O1. The van der Waals surface area contributed by atoms with E-state index in [4.69, 9.17) is 9.47 Å². The summed E-state index contributed by atoms with van der Waals surface area (Å²) >= 11 is 0. The van der Waals surface area contributed by atoms with E-state index in [2.05, 4.69) is 12.2 Å². The Morgan fingerprint density at radius 2 is 2.30 bits per heavy atom. The number of allylic oxidation sites excluding steroid dienone is 2. The molecule has 2 fully saturated rings. The van der Waals surface area contributed by atoms with E-state index in [0.717, 1.165) is 12.8 Å². The molecule has 1 N–H and O–H groups in total. The monoisotopic (exact) mass is 280 g/mol. The van der Waals surface area contributed by atoms with Crippen LogP contribution in [-0.4, -0.2) is 35.9 Å². The van der Waals surface area contributed by atoms with Crippen LogP contribution >= 0.6 is 0 Å². The molecular weight excluding hydrogens is 260 g/mol. The minimum absolute atomic E-state index is 0.00944. The Morgan fingerprint density at radius 3 is 2.90 bits per heavy atom. The molecule has 5 atom stereocenters. The van der Waals surface area contributed by atoms with Crippen LogP contribution in [0.15, 0.2) is 12.2 Å². The number of aliphatic hydroxyl groups is 1. The van der Waals surface area contributed by atoms with Crippen LogP contribution in [0.25, 0.3) is 0 Å². The molecule has 1 heterocycles. The first-order valence-corrected chi connectivity index (χ1v) is 7.34. The largest absolute Gasteiger partial charge is 0.463 e. The summed E-state index contributed by atoms with van der Waals surface area (Å²) in [5, 5.41) is 9.84. The molecule has 3 aliphatic rings. The van der Waals surface area contributed by atoms with Crippen LogP contribution in [0.2, 0.25) is 0 Å². The zero-order valence-corrected chi connectivity index (χ0v) is 11.4. The zero-order valence-electron chi connectivity index (χ0n) is 11.4. The summed E-state index contributed by atoms with van der Waals surface area (Å²) in [5.74, 6) is 0.389. The third kappa shape index (κ3) is 2.87. The Hall–Kier alpha value is -1.36. The minimum atomic E-state index is -0.760. The van der Waals surface area contributed by atoms with Crippen molar-refractivity contribution >= 4 is 11.9 Å². The predicted molar refractivity (Wildman–Crippen MR) is 69.5 cm³/mol. The normalized spacial score (nSPS) is 36.1. The summed E-state index contributed by atoms with van der Waals surface area (Å²) < 4.78 is 10.2. The summed E-state index contributed by atoms with van der Waals surface area (Å²) in [6.45, 7) is -0.00944. The standard InChI is InChI=1S/C15H20O5/c16-11(7-12-3-4-14(17)20-12)8-19-15(18)13-6-9-1-2-10(13)5-9/h1-2,9-13,16H,3-8H2. The summed E-state index contributed by atoms with van der Waals surface area (Å²) in [7, 11) is 0. The van der Waals surface area contributed by atoms with Gasteiger partial charge in [0.15, 0.2) is 0 Å². The highest BCUT2D eigenvalue weighted by molar-refractivity contribution is 5.74. The van der Waals surface area contributed by atoms with Crippen LogP contribution in [0.5, 0.6) is 0 Å².